The lowest BCUT2D eigenvalue weighted by Gasteiger charge is -2.27. The Labute approximate surface area is 153 Å². The third-order valence-electron chi connectivity index (χ3n) is 4.88. The molecule has 2 fully saturated rings. The van der Waals surface area contributed by atoms with Crippen LogP contribution in [0.25, 0.3) is 0 Å². The SMILES string of the molecule is Cc1ccnn1CC(=O)N1[C@@H]2C[C@@H]2C[C@H]1C(=O)Nc1cccc(Br)n1. The van der Waals surface area contributed by atoms with E-state index >= 15 is 0 Å². The third kappa shape index (κ3) is 3.18. The molecule has 0 unspecified atom stereocenters. The van der Waals surface area contributed by atoms with E-state index in [1.165, 1.54) is 0 Å². The van der Waals surface area contributed by atoms with E-state index in [0.29, 0.717) is 22.8 Å². The minimum absolute atomic E-state index is 0.0563. The van der Waals surface area contributed by atoms with Crippen molar-refractivity contribution in [2.45, 2.75) is 38.4 Å². The number of likely N-dealkylation sites (tertiary alicyclic amines) is 1. The van der Waals surface area contributed by atoms with E-state index in [-0.39, 0.29) is 24.4 Å². The number of piperidine rings is 1. The van der Waals surface area contributed by atoms with Gasteiger partial charge in [0.15, 0.2) is 0 Å². The average molecular weight is 404 g/mol. The predicted octanol–water partition coefficient (Wildman–Crippen LogP) is 1.98. The summed E-state index contributed by atoms with van der Waals surface area (Å²) in [6, 6.07) is 6.95. The fourth-order valence-electron chi connectivity index (χ4n) is 3.51. The van der Waals surface area contributed by atoms with Gasteiger partial charge in [-0.05, 0) is 59.8 Å². The van der Waals surface area contributed by atoms with Gasteiger partial charge in [-0.15, -0.1) is 0 Å². The number of nitrogens with one attached hydrogen (secondary N) is 1. The first-order valence-corrected chi connectivity index (χ1v) is 9.05. The van der Waals surface area contributed by atoms with Crippen LogP contribution in [-0.4, -0.2) is 43.6 Å². The van der Waals surface area contributed by atoms with E-state index in [2.05, 4.69) is 31.3 Å². The average Bonchev–Trinajstić information content (AvgIpc) is 3.04. The summed E-state index contributed by atoms with van der Waals surface area (Å²) < 4.78 is 2.32. The Morgan fingerprint density at radius 1 is 1.32 bits per heavy atom. The molecule has 0 spiro atoms. The first kappa shape index (κ1) is 16.3. The molecule has 1 N–H and O–H groups in total. The van der Waals surface area contributed by atoms with E-state index in [1.807, 2.05) is 19.1 Å². The fourth-order valence-corrected chi connectivity index (χ4v) is 3.85. The molecule has 2 aromatic rings. The van der Waals surface area contributed by atoms with E-state index in [1.54, 1.807) is 27.9 Å². The predicted molar refractivity (Wildman–Crippen MR) is 94.7 cm³/mol. The van der Waals surface area contributed by atoms with Gasteiger partial charge >= 0.3 is 0 Å². The van der Waals surface area contributed by atoms with Gasteiger partial charge in [-0.25, -0.2) is 4.98 Å². The number of rotatable bonds is 4. The summed E-state index contributed by atoms with van der Waals surface area (Å²) in [4.78, 5) is 31.5. The smallest absolute Gasteiger partial charge is 0.248 e. The molecule has 3 atom stereocenters. The summed E-state index contributed by atoms with van der Waals surface area (Å²) in [7, 11) is 0. The molecule has 2 aromatic heterocycles. The highest BCUT2D eigenvalue weighted by molar-refractivity contribution is 9.10. The zero-order chi connectivity index (χ0) is 17.6. The number of fused-ring (bicyclic) bond motifs is 1. The van der Waals surface area contributed by atoms with Crippen molar-refractivity contribution in [2.75, 3.05) is 5.32 Å². The molecule has 1 aliphatic carbocycles. The largest absolute Gasteiger partial charge is 0.326 e. The molecule has 0 bridgehead atoms. The lowest BCUT2D eigenvalue weighted by atomic mass is 10.1. The molecule has 7 nitrogen and oxygen atoms in total. The number of aryl methyl sites for hydroxylation is 1. The fraction of sp³-hybridized carbons (Fsp3) is 0.412. The van der Waals surface area contributed by atoms with Crippen LogP contribution in [-0.2, 0) is 16.1 Å². The number of halogens is 1. The van der Waals surface area contributed by atoms with Gasteiger partial charge in [0.05, 0.1) is 0 Å². The van der Waals surface area contributed by atoms with Crippen LogP contribution >= 0.6 is 15.9 Å². The van der Waals surface area contributed by atoms with Crippen molar-refractivity contribution in [2.24, 2.45) is 5.92 Å². The first-order chi connectivity index (χ1) is 12.0. The third-order valence-corrected chi connectivity index (χ3v) is 5.32. The standard InChI is InChI=1S/C17H18BrN5O2/c1-10-5-6-19-22(10)9-16(24)23-12-7-11(12)8-13(23)17(25)21-15-4-2-3-14(18)20-15/h2-6,11-13H,7-9H2,1H3,(H,20,21,25)/t11-,12-,13+/m1/s1. The number of amides is 2. The summed E-state index contributed by atoms with van der Waals surface area (Å²) in [5.74, 6) is 0.687. The summed E-state index contributed by atoms with van der Waals surface area (Å²) in [5, 5.41) is 6.99. The van der Waals surface area contributed by atoms with Crippen molar-refractivity contribution in [1.29, 1.82) is 0 Å². The van der Waals surface area contributed by atoms with Gasteiger partial charge in [-0.2, -0.15) is 5.10 Å². The Morgan fingerprint density at radius 3 is 2.88 bits per heavy atom. The van der Waals surface area contributed by atoms with Crippen LogP contribution in [0, 0.1) is 12.8 Å². The summed E-state index contributed by atoms with van der Waals surface area (Å²) >= 11 is 3.29. The molecular weight excluding hydrogens is 386 g/mol. The highest BCUT2D eigenvalue weighted by Crippen LogP contribution is 2.48. The molecule has 2 aliphatic rings. The number of nitrogens with zero attached hydrogens (tertiary/aromatic N) is 4. The Balaban J connectivity index is 1.48. The van der Waals surface area contributed by atoms with Gasteiger partial charge < -0.3 is 10.2 Å². The van der Waals surface area contributed by atoms with Crippen LogP contribution in [0.4, 0.5) is 5.82 Å². The number of aromatic nitrogens is 3. The normalized spacial score (nSPS) is 24.1. The van der Waals surface area contributed by atoms with Crippen molar-refractivity contribution in [1.82, 2.24) is 19.7 Å². The second-order valence-corrected chi connectivity index (χ2v) is 7.39. The molecular formula is C17H18BrN5O2. The van der Waals surface area contributed by atoms with Crippen LogP contribution in [0.5, 0.6) is 0 Å². The molecule has 1 aliphatic heterocycles. The first-order valence-electron chi connectivity index (χ1n) is 8.26. The van der Waals surface area contributed by atoms with Crippen molar-refractivity contribution >= 4 is 33.6 Å². The van der Waals surface area contributed by atoms with Gasteiger partial charge in [-0.1, -0.05) is 6.07 Å². The molecule has 2 amide bonds. The van der Waals surface area contributed by atoms with Gasteiger partial charge in [0.25, 0.3) is 0 Å². The van der Waals surface area contributed by atoms with Crippen LogP contribution < -0.4 is 5.32 Å². The lowest BCUT2D eigenvalue weighted by molar-refractivity contribution is -0.138. The van der Waals surface area contributed by atoms with E-state index in [9.17, 15) is 9.59 Å². The number of hydrogen-bond acceptors (Lipinski definition) is 4. The van der Waals surface area contributed by atoms with Crippen LogP contribution in [0.2, 0.25) is 0 Å². The highest BCUT2D eigenvalue weighted by atomic mass is 79.9. The van der Waals surface area contributed by atoms with Gasteiger partial charge in [0.2, 0.25) is 11.8 Å². The Hall–Kier alpha value is -2.22. The molecule has 130 valence electrons. The minimum atomic E-state index is -0.437. The number of pyridine rings is 1. The van der Waals surface area contributed by atoms with Crippen molar-refractivity contribution in [3.63, 3.8) is 0 Å². The molecule has 1 saturated carbocycles. The highest BCUT2D eigenvalue weighted by Gasteiger charge is 2.56. The van der Waals surface area contributed by atoms with Crippen LogP contribution in [0.1, 0.15) is 18.5 Å². The van der Waals surface area contributed by atoms with Crippen LogP contribution in [0.3, 0.4) is 0 Å². The number of hydrogen-bond donors (Lipinski definition) is 1. The monoisotopic (exact) mass is 403 g/mol. The minimum Gasteiger partial charge on any atom is -0.326 e. The van der Waals surface area contributed by atoms with E-state index < -0.39 is 6.04 Å². The summed E-state index contributed by atoms with van der Waals surface area (Å²) in [5.41, 5.74) is 0.930. The Bertz CT molecular complexity index is 836. The van der Waals surface area contributed by atoms with E-state index in [0.717, 1.165) is 12.1 Å². The van der Waals surface area contributed by atoms with Crippen molar-refractivity contribution in [3.8, 4) is 0 Å². The summed E-state index contributed by atoms with van der Waals surface area (Å²) in [6.07, 6.45) is 3.38. The maximum absolute atomic E-state index is 12.8. The number of carbonyl (C=O) groups is 2. The van der Waals surface area contributed by atoms with Crippen molar-refractivity contribution in [3.05, 3.63) is 40.8 Å². The maximum atomic E-state index is 12.8. The zero-order valence-corrected chi connectivity index (χ0v) is 15.3. The lowest BCUT2D eigenvalue weighted by Crippen LogP contribution is -2.46. The topological polar surface area (TPSA) is 80.1 Å². The van der Waals surface area contributed by atoms with Crippen molar-refractivity contribution < 1.29 is 9.59 Å². The molecule has 4 rings (SSSR count). The van der Waals surface area contributed by atoms with E-state index in [4.69, 9.17) is 0 Å². The second kappa shape index (κ2) is 6.25. The molecule has 1 saturated heterocycles. The number of anilines is 1. The number of carbonyl (C=O) groups excluding carboxylic acids is 2. The van der Waals surface area contributed by atoms with Crippen LogP contribution in [0.15, 0.2) is 35.1 Å². The second-order valence-electron chi connectivity index (χ2n) is 6.58. The quantitative estimate of drug-likeness (QED) is 0.791. The summed E-state index contributed by atoms with van der Waals surface area (Å²) in [6.45, 7) is 2.08. The van der Waals surface area contributed by atoms with Gasteiger partial charge in [0.1, 0.15) is 23.0 Å². The molecule has 0 aromatic carbocycles. The maximum Gasteiger partial charge on any atom is 0.248 e. The zero-order valence-electron chi connectivity index (χ0n) is 13.7. The Morgan fingerprint density at radius 2 is 2.16 bits per heavy atom. The Kier molecular flexibility index (Phi) is 4.07. The molecule has 25 heavy (non-hydrogen) atoms. The molecule has 3 heterocycles. The van der Waals surface area contributed by atoms with Gasteiger partial charge in [0, 0.05) is 17.9 Å². The molecule has 8 heteroatoms. The molecule has 0 radical (unpaired) electrons. The van der Waals surface area contributed by atoms with Gasteiger partial charge in [-0.3, -0.25) is 14.3 Å².